The van der Waals surface area contributed by atoms with Crippen LogP contribution in [0.5, 0.6) is 0 Å². The van der Waals surface area contributed by atoms with E-state index in [0.29, 0.717) is 0 Å². The number of hydrogen-bond acceptors (Lipinski definition) is 1. The fraction of sp³-hybridized carbons (Fsp3) is 0.462. The predicted octanol–water partition coefficient (Wildman–Crippen LogP) is 3.53. The maximum absolute atomic E-state index is 5.88. The molecular formula is C13H20N. The Morgan fingerprint density at radius 1 is 1.07 bits per heavy atom. The van der Waals surface area contributed by atoms with Crippen molar-refractivity contribution in [2.24, 2.45) is 0 Å². The summed E-state index contributed by atoms with van der Waals surface area (Å²) in [5.74, 6) is 1.31. The average molecular weight is 190 g/mol. The molecule has 0 amide bonds. The molecule has 0 aliphatic rings. The van der Waals surface area contributed by atoms with Crippen molar-refractivity contribution in [1.29, 1.82) is 0 Å². The minimum Gasteiger partial charge on any atom is -0.399 e. The minimum atomic E-state index is 0.166. The molecule has 14 heavy (non-hydrogen) atoms. The third-order valence-corrected chi connectivity index (χ3v) is 2.40. The summed E-state index contributed by atoms with van der Waals surface area (Å²) in [6, 6.07) is 6.32. The largest absolute Gasteiger partial charge is 0.399 e. The van der Waals surface area contributed by atoms with Crippen molar-refractivity contribution < 1.29 is 0 Å². The van der Waals surface area contributed by atoms with E-state index in [4.69, 9.17) is 5.73 Å². The zero-order valence-electron chi connectivity index (χ0n) is 9.81. The molecule has 0 saturated carbocycles. The van der Waals surface area contributed by atoms with Gasteiger partial charge < -0.3 is 5.73 Å². The van der Waals surface area contributed by atoms with Crippen molar-refractivity contribution in [3.8, 4) is 0 Å². The molecule has 0 bridgehead atoms. The van der Waals surface area contributed by atoms with Gasteiger partial charge in [-0.15, -0.1) is 0 Å². The topological polar surface area (TPSA) is 26.0 Å². The average Bonchev–Trinajstić information content (AvgIpc) is 2.01. The number of anilines is 1. The first-order valence-corrected chi connectivity index (χ1v) is 5.02. The Morgan fingerprint density at radius 3 is 2.07 bits per heavy atom. The van der Waals surface area contributed by atoms with Gasteiger partial charge in [-0.25, -0.2) is 0 Å². The van der Waals surface area contributed by atoms with E-state index in [1.807, 2.05) is 6.07 Å². The van der Waals surface area contributed by atoms with Crippen LogP contribution in [-0.4, -0.2) is 0 Å². The van der Waals surface area contributed by atoms with Crippen LogP contribution in [0, 0.1) is 5.92 Å². The van der Waals surface area contributed by atoms with Crippen molar-refractivity contribution in [2.45, 2.75) is 40.0 Å². The first-order valence-electron chi connectivity index (χ1n) is 5.02. The lowest BCUT2D eigenvalue weighted by Crippen LogP contribution is -2.12. The predicted molar refractivity (Wildman–Crippen MR) is 63.2 cm³/mol. The quantitative estimate of drug-likeness (QED) is 0.674. The molecule has 1 heteroatoms. The van der Waals surface area contributed by atoms with Crippen LogP contribution in [0.25, 0.3) is 0 Å². The number of hydrogen-bond donors (Lipinski definition) is 1. The Morgan fingerprint density at radius 2 is 1.64 bits per heavy atom. The molecule has 1 radical (unpaired) electrons. The molecule has 0 aromatic heterocycles. The van der Waals surface area contributed by atoms with Crippen LogP contribution in [0.1, 0.15) is 45.7 Å². The zero-order chi connectivity index (χ0) is 10.9. The van der Waals surface area contributed by atoms with Crippen molar-refractivity contribution in [3.63, 3.8) is 0 Å². The van der Waals surface area contributed by atoms with Gasteiger partial charge in [0.25, 0.3) is 0 Å². The fourth-order valence-electron chi connectivity index (χ4n) is 1.37. The van der Waals surface area contributed by atoms with Gasteiger partial charge in [-0.3, -0.25) is 0 Å². The van der Waals surface area contributed by atoms with Gasteiger partial charge in [0.2, 0.25) is 0 Å². The molecule has 0 atom stereocenters. The highest BCUT2D eigenvalue weighted by atomic mass is 14.5. The zero-order valence-corrected chi connectivity index (χ0v) is 9.81. The molecule has 0 fully saturated rings. The Bertz CT molecular complexity index is 318. The number of nitrogen functional groups attached to an aromatic ring is 1. The van der Waals surface area contributed by atoms with Gasteiger partial charge in [-0.1, -0.05) is 40.7 Å². The van der Waals surface area contributed by atoms with E-state index in [1.165, 1.54) is 17.0 Å². The molecule has 0 aliphatic heterocycles. The van der Waals surface area contributed by atoms with Crippen LogP contribution in [0.4, 0.5) is 5.69 Å². The monoisotopic (exact) mass is 190 g/mol. The fourth-order valence-corrected chi connectivity index (χ4v) is 1.37. The van der Waals surface area contributed by atoms with E-state index in [2.05, 4.69) is 46.8 Å². The van der Waals surface area contributed by atoms with Crippen LogP contribution >= 0.6 is 0 Å². The molecular weight excluding hydrogens is 170 g/mol. The first-order chi connectivity index (χ1) is 6.30. The second-order valence-electron chi connectivity index (χ2n) is 5.09. The summed E-state index contributed by atoms with van der Waals surface area (Å²) in [6.45, 7) is 10.8. The SMILES string of the molecule is C[C](C)c1cc(N)cc(C(C)(C)C)c1. The standard InChI is InChI=1S/C13H20N/c1-9(2)10-6-11(13(3,4)5)8-12(14)7-10/h6-8H,14H2,1-5H3. The van der Waals surface area contributed by atoms with Crippen LogP contribution in [0.15, 0.2) is 18.2 Å². The summed E-state index contributed by atoms with van der Waals surface area (Å²) in [4.78, 5) is 0. The van der Waals surface area contributed by atoms with E-state index < -0.39 is 0 Å². The normalized spacial score (nSPS) is 12.1. The molecule has 0 unspecified atom stereocenters. The molecule has 1 nitrogen and oxygen atoms in total. The number of nitrogens with two attached hydrogens (primary N) is 1. The number of benzene rings is 1. The third kappa shape index (κ3) is 2.50. The van der Waals surface area contributed by atoms with Gasteiger partial charge in [0.1, 0.15) is 0 Å². The summed E-state index contributed by atoms with van der Waals surface area (Å²) in [7, 11) is 0. The van der Waals surface area contributed by atoms with Crippen molar-refractivity contribution in [1.82, 2.24) is 0 Å². The van der Waals surface area contributed by atoms with Crippen molar-refractivity contribution in [2.75, 3.05) is 5.73 Å². The molecule has 0 aliphatic carbocycles. The molecule has 0 spiro atoms. The molecule has 1 aromatic carbocycles. The van der Waals surface area contributed by atoms with Gasteiger partial charge in [-0.05, 0) is 34.6 Å². The van der Waals surface area contributed by atoms with E-state index >= 15 is 0 Å². The highest BCUT2D eigenvalue weighted by molar-refractivity contribution is 5.49. The highest BCUT2D eigenvalue weighted by Gasteiger charge is 2.15. The lowest BCUT2D eigenvalue weighted by Gasteiger charge is -2.21. The third-order valence-electron chi connectivity index (χ3n) is 2.40. The summed E-state index contributed by atoms with van der Waals surface area (Å²) in [6.07, 6.45) is 0. The van der Waals surface area contributed by atoms with Crippen molar-refractivity contribution >= 4 is 5.69 Å². The van der Waals surface area contributed by atoms with E-state index in [-0.39, 0.29) is 5.41 Å². The van der Waals surface area contributed by atoms with Gasteiger partial charge in [0.05, 0.1) is 0 Å². The lowest BCUT2D eigenvalue weighted by atomic mass is 9.84. The van der Waals surface area contributed by atoms with Gasteiger partial charge in [0.15, 0.2) is 0 Å². The maximum atomic E-state index is 5.88. The lowest BCUT2D eigenvalue weighted by molar-refractivity contribution is 0.590. The minimum absolute atomic E-state index is 0.166. The first kappa shape index (κ1) is 11.1. The van der Waals surface area contributed by atoms with Gasteiger partial charge in [-0.2, -0.15) is 0 Å². The Labute approximate surface area is 87.3 Å². The summed E-state index contributed by atoms with van der Waals surface area (Å²) >= 11 is 0. The summed E-state index contributed by atoms with van der Waals surface area (Å²) in [5.41, 5.74) is 9.45. The second-order valence-corrected chi connectivity index (χ2v) is 5.09. The highest BCUT2D eigenvalue weighted by Crippen LogP contribution is 2.27. The Balaban J connectivity index is 3.21. The Hall–Kier alpha value is -0.980. The van der Waals surface area contributed by atoms with Crippen LogP contribution in [0.3, 0.4) is 0 Å². The molecule has 1 rings (SSSR count). The number of rotatable bonds is 1. The smallest absolute Gasteiger partial charge is 0.0319 e. The van der Waals surface area contributed by atoms with Crippen LogP contribution in [0.2, 0.25) is 0 Å². The van der Waals surface area contributed by atoms with Gasteiger partial charge >= 0.3 is 0 Å². The molecule has 77 valence electrons. The molecule has 0 heterocycles. The summed E-state index contributed by atoms with van der Waals surface area (Å²) in [5, 5.41) is 0. The van der Waals surface area contributed by atoms with E-state index in [1.54, 1.807) is 0 Å². The van der Waals surface area contributed by atoms with E-state index in [0.717, 1.165) is 5.69 Å². The summed E-state index contributed by atoms with van der Waals surface area (Å²) < 4.78 is 0. The Kier molecular flexibility index (Phi) is 2.89. The molecule has 2 N–H and O–H groups in total. The van der Waals surface area contributed by atoms with E-state index in [9.17, 15) is 0 Å². The maximum Gasteiger partial charge on any atom is 0.0319 e. The molecule has 1 aromatic rings. The van der Waals surface area contributed by atoms with Crippen LogP contribution in [-0.2, 0) is 5.41 Å². The van der Waals surface area contributed by atoms with Crippen LogP contribution < -0.4 is 5.73 Å². The second kappa shape index (κ2) is 3.64. The molecule has 0 saturated heterocycles. The van der Waals surface area contributed by atoms with Gasteiger partial charge in [0, 0.05) is 5.69 Å². The van der Waals surface area contributed by atoms with Crippen molar-refractivity contribution in [3.05, 3.63) is 35.2 Å².